The molecule has 3 rings (SSSR count). The number of ether oxygens (including phenoxy) is 1. The summed E-state index contributed by atoms with van der Waals surface area (Å²) in [7, 11) is 0. The molecule has 4 heteroatoms. The molecular weight excluding hydrogens is 337 g/mol. The summed E-state index contributed by atoms with van der Waals surface area (Å²) in [6.07, 6.45) is 0. The van der Waals surface area contributed by atoms with Crippen LogP contribution in [-0.4, -0.2) is 0 Å². The van der Waals surface area contributed by atoms with Gasteiger partial charge in [0.1, 0.15) is 18.2 Å². The summed E-state index contributed by atoms with van der Waals surface area (Å²) in [5.74, 6) is 0.386. The summed E-state index contributed by atoms with van der Waals surface area (Å²) in [5, 5.41) is 0. The van der Waals surface area contributed by atoms with Gasteiger partial charge in [0.25, 0.3) is 0 Å². The summed E-state index contributed by atoms with van der Waals surface area (Å²) in [4.78, 5) is 0. The van der Waals surface area contributed by atoms with Crippen molar-refractivity contribution in [3.05, 3.63) is 89.2 Å². The van der Waals surface area contributed by atoms with E-state index in [4.69, 9.17) is 10.5 Å². The predicted molar refractivity (Wildman–Crippen MR) is 102 cm³/mol. The first-order valence-corrected chi connectivity index (χ1v) is 7.93. The molecule has 0 amide bonds. The summed E-state index contributed by atoms with van der Waals surface area (Å²) in [6.45, 7) is 2.79. The van der Waals surface area contributed by atoms with Gasteiger partial charge in [-0.05, 0) is 36.2 Å². The third-order valence-corrected chi connectivity index (χ3v) is 3.93. The Bertz CT molecular complexity index is 837. The molecule has 0 saturated heterocycles. The van der Waals surface area contributed by atoms with E-state index in [0.29, 0.717) is 24.5 Å². The van der Waals surface area contributed by atoms with Gasteiger partial charge >= 0.3 is 0 Å². The summed E-state index contributed by atoms with van der Waals surface area (Å²) in [5.41, 5.74) is 10.0. The summed E-state index contributed by atoms with van der Waals surface area (Å²) >= 11 is 0. The van der Waals surface area contributed by atoms with Gasteiger partial charge in [0.15, 0.2) is 0 Å². The third kappa shape index (κ3) is 4.59. The van der Waals surface area contributed by atoms with Gasteiger partial charge in [-0.25, -0.2) is 4.39 Å². The van der Waals surface area contributed by atoms with Crippen LogP contribution in [0.15, 0.2) is 66.7 Å². The SMILES string of the molecule is Cc1ccc(F)c(-c2ccc(CN)cc2OCc2ccccc2)c1.Cl. The smallest absolute Gasteiger partial charge is 0.131 e. The fourth-order valence-electron chi connectivity index (χ4n) is 2.62. The molecule has 3 aromatic carbocycles. The number of hydrogen-bond donors (Lipinski definition) is 1. The second-order valence-electron chi connectivity index (χ2n) is 5.79. The van der Waals surface area contributed by atoms with E-state index < -0.39 is 0 Å². The molecule has 0 saturated carbocycles. The van der Waals surface area contributed by atoms with Crippen LogP contribution in [0.25, 0.3) is 11.1 Å². The summed E-state index contributed by atoms with van der Waals surface area (Å²) < 4.78 is 20.3. The topological polar surface area (TPSA) is 35.2 Å². The lowest BCUT2D eigenvalue weighted by Gasteiger charge is -2.14. The zero-order chi connectivity index (χ0) is 16.9. The van der Waals surface area contributed by atoms with Gasteiger partial charge in [0.2, 0.25) is 0 Å². The molecular formula is C21H21ClFNO. The lowest BCUT2D eigenvalue weighted by atomic mass is 10.00. The van der Waals surface area contributed by atoms with Crippen molar-refractivity contribution in [1.29, 1.82) is 0 Å². The van der Waals surface area contributed by atoms with Crippen LogP contribution in [-0.2, 0) is 13.2 Å². The molecule has 0 atom stereocenters. The number of nitrogens with two attached hydrogens (primary N) is 1. The van der Waals surface area contributed by atoms with Crippen molar-refractivity contribution in [3.63, 3.8) is 0 Å². The van der Waals surface area contributed by atoms with Crippen LogP contribution in [0.5, 0.6) is 5.75 Å². The number of aryl methyl sites for hydroxylation is 1. The van der Waals surface area contributed by atoms with Gasteiger partial charge in [0.05, 0.1) is 0 Å². The van der Waals surface area contributed by atoms with E-state index in [1.165, 1.54) is 6.07 Å². The van der Waals surface area contributed by atoms with E-state index in [-0.39, 0.29) is 18.2 Å². The molecule has 0 heterocycles. The monoisotopic (exact) mass is 357 g/mol. The Morgan fingerprint density at radius 1 is 0.880 bits per heavy atom. The minimum absolute atomic E-state index is 0. The Hall–Kier alpha value is -2.36. The fraction of sp³-hybridized carbons (Fsp3) is 0.143. The van der Waals surface area contributed by atoms with Crippen molar-refractivity contribution in [2.24, 2.45) is 5.73 Å². The molecule has 130 valence electrons. The molecule has 0 fully saturated rings. The van der Waals surface area contributed by atoms with Crippen LogP contribution in [0.1, 0.15) is 16.7 Å². The van der Waals surface area contributed by atoms with Crippen LogP contribution in [0.2, 0.25) is 0 Å². The zero-order valence-corrected chi connectivity index (χ0v) is 14.9. The average molecular weight is 358 g/mol. The Morgan fingerprint density at radius 3 is 2.36 bits per heavy atom. The van der Waals surface area contributed by atoms with Crippen LogP contribution < -0.4 is 10.5 Å². The minimum Gasteiger partial charge on any atom is -0.488 e. The van der Waals surface area contributed by atoms with Crippen molar-refractivity contribution in [2.75, 3.05) is 0 Å². The van der Waals surface area contributed by atoms with Crippen LogP contribution in [0.4, 0.5) is 4.39 Å². The lowest BCUT2D eigenvalue weighted by molar-refractivity contribution is 0.307. The van der Waals surface area contributed by atoms with Gasteiger partial charge in [-0.15, -0.1) is 12.4 Å². The predicted octanol–water partition coefficient (Wildman–Crippen LogP) is 5.26. The Balaban J connectivity index is 0.00000225. The Kier molecular flexibility index (Phi) is 6.57. The highest BCUT2D eigenvalue weighted by Gasteiger charge is 2.12. The second-order valence-corrected chi connectivity index (χ2v) is 5.79. The normalized spacial score (nSPS) is 10.2. The van der Waals surface area contributed by atoms with E-state index in [9.17, 15) is 4.39 Å². The largest absolute Gasteiger partial charge is 0.488 e. The highest BCUT2D eigenvalue weighted by atomic mass is 35.5. The van der Waals surface area contributed by atoms with Crippen LogP contribution >= 0.6 is 12.4 Å². The molecule has 25 heavy (non-hydrogen) atoms. The van der Waals surface area contributed by atoms with Gasteiger partial charge in [-0.2, -0.15) is 0 Å². The molecule has 3 aromatic rings. The standard InChI is InChI=1S/C21H20FNO.ClH/c1-15-7-10-20(22)19(11-15)18-9-8-17(13-23)12-21(18)24-14-16-5-3-2-4-6-16;/h2-12H,13-14,23H2,1H3;1H. The average Bonchev–Trinajstić information content (AvgIpc) is 2.62. The van der Waals surface area contributed by atoms with Gasteiger partial charge in [0, 0.05) is 17.7 Å². The van der Waals surface area contributed by atoms with Crippen molar-refractivity contribution >= 4 is 12.4 Å². The first-order chi connectivity index (χ1) is 11.7. The highest BCUT2D eigenvalue weighted by molar-refractivity contribution is 5.85. The van der Waals surface area contributed by atoms with Crippen LogP contribution in [0.3, 0.4) is 0 Å². The van der Waals surface area contributed by atoms with Crippen LogP contribution in [0, 0.1) is 12.7 Å². The quantitative estimate of drug-likeness (QED) is 0.676. The van der Waals surface area contributed by atoms with Crippen molar-refractivity contribution in [2.45, 2.75) is 20.1 Å². The summed E-state index contributed by atoms with van der Waals surface area (Å²) in [6, 6.07) is 20.7. The molecule has 0 aliphatic carbocycles. The van der Waals surface area contributed by atoms with Crippen molar-refractivity contribution < 1.29 is 9.13 Å². The Labute approximate surface area is 153 Å². The van der Waals surface area contributed by atoms with Gasteiger partial charge < -0.3 is 10.5 Å². The molecule has 2 nitrogen and oxygen atoms in total. The third-order valence-electron chi connectivity index (χ3n) is 3.93. The molecule has 0 spiro atoms. The minimum atomic E-state index is -0.259. The lowest BCUT2D eigenvalue weighted by Crippen LogP contribution is -2.01. The van der Waals surface area contributed by atoms with E-state index in [1.54, 1.807) is 6.07 Å². The van der Waals surface area contributed by atoms with E-state index in [2.05, 4.69) is 0 Å². The number of halogens is 2. The maximum atomic E-state index is 14.3. The second kappa shape index (κ2) is 8.65. The van der Waals surface area contributed by atoms with E-state index in [1.807, 2.05) is 61.5 Å². The number of rotatable bonds is 5. The first-order valence-electron chi connectivity index (χ1n) is 7.93. The molecule has 0 unspecified atom stereocenters. The Morgan fingerprint density at radius 2 is 1.64 bits per heavy atom. The number of benzene rings is 3. The zero-order valence-electron chi connectivity index (χ0n) is 14.0. The molecule has 0 aliphatic rings. The first kappa shape index (κ1) is 19.0. The molecule has 0 aliphatic heterocycles. The maximum Gasteiger partial charge on any atom is 0.131 e. The van der Waals surface area contributed by atoms with Crippen molar-refractivity contribution in [3.8, 4) is 16.9 Å². The molecule has 0 aromatic heterocycles. The maximum absolute atomic E-state index is 14.3. The van der Waals surface area contributed by atoms with Gasteiger partial charge in [-0.1, -0.05) is 54.1 Å². The molecule has 0 bridgehead atoms. The highest BCUT2D eigenvalue weighted by Crippen LogP contribution is 2.34. The molecule has 0 radical (unpaired) electrons. The number of hydrogen-bond acceptors (Lipinski definition) is 2. The van der Waals surface area contributed by atoms with Gasteiger partial charge in [-0.3, -0.25) is 0 Å². The van der Waals surface area contributed by atoms with E-state index in [0.717, 1.165) is 22.3 Å². The van der Waals surface area contributed by atoms with Crippen molar-refractivity contribution in [1.82, 2.24) is 0 Å². The fourth-order valence-corrected chi connectivity index (χ4v) is 2.62. The molecule has 2 N–H and O–H groups in total. The van der Waals surface area contributed by atoms with E-state index >= 15 is 0 Å².